The second-order valence-corrected chi connectivity index (χ2v) is 4.61. The quantitative estimate of drug-likeness (QED) is 0.801. The van der Waals surface area contributed by atoms with Crippen molar-refractivity contribution in [1.29, 1.82) is 0 Å². The number of nitrogens with zero attached hydrogens (tertiary/aromatic N) is 3. The number of hydrogen-bond acceptors (Lipinski definition) is 4. The highest BCUT2D eigenvalue weighted by molar-refractivity contribution is 5.59. The van der Waals surface area contributed by atoms with Crippen LogP contribution in [0.4, 0.5) is 13.2 Å². The number of aromatic nitrogens is 3. The number of para-hydroxylation sites is 2. The first-order valence-electron chi connectivity index (χ1n) is 6.49. The molecular formula is C15H10F3N3O2. The van der Waals surface area contributed by atoms with E-state index in [0.717, 1.165) is 0 Å². The standard InChI is InChI=1S/C15H10F3N3O2/c16-15(17,18)23-11-7-5-10(6-8-11)12-9-21(20-19-12)13-3-1-2-4-14(13)22/h1-9,22H. The number of phenols is 1. The van der Waals surface area contributed by atoms with Crippen LogP contribution >= 0.6 is 0 Å². The van der Waals surface area contributed by atoms with Crippen molar-refractivity contribution in [3.05, 3.63) is 54.7 Å². The largest absolute Gasteiger partial charge is 0.573 e. The van der Waals surface area contributed by atoms with E-state index in [1.165, 1.54) is 35.0 Å². The lowest BCUT2D eigenvalue weighted by Gasteiger charge is -2.08. The predicted molar refractivity (Wildman–Crippen MR) is 75.1 cm³/mol. The smallest absolute Gasteiger partial charge is 0.506 e. The third-order valence-electron chi connectivity index (χ3n) is 3.01. The third kappa shape index (κ3) is 3.42. The molecule has 1 aromatic heterocycles. The molecule has 3 rings (SSSR count). The van der Waals surface area contributed by atoms with Crippen LogP contribution in [0.2, 0.25) is 0 Å². The summed E-state index contributed by atoms with van der Waals surface area (Å²) in [5.74, 6) is -0.271. The summed E-state index contributed by atoms with van der Waals surface area (Å²) >= 11 is 0. The van der Waals surface area contributed by atoms with E-state index in [2.05, 4.69) is 15.0 Å². The fourth-order valence-electron chi connectivity index (χ4n) is 2.00. The average molecular weight is 321 g/mol. The van der Waals surface area contributed by atoms with Crippen LogP contribution in [0.3, 0.4) is 0 Å². The van der Waals surface area contributed by atoms with Crippen molar-refractivity contribution in [2.45, 2.75) is 6.36 Å². The molecule has 0 aliphatic heterocycles. The molecule has 8 heteroatoms. The van der Waals surface area contributed by atoms with Gasteiger partial charge in [-0.25, -0.2) is 4.68 Å². The molecule has 0 bridgehead atoms. The Hall–Kier alpha value is -3.03. The number of halogens is 3. The van der Waals surface area contributed by atoms with Crippen LogP contribution in [0.5, 0.6) is 11.5 Å². The van der Waals surface area contributed by atoms with E-state index in [4.69, 9.17) is 0 Å². The lowest BCUT2D eigenvalue weighted by Crippen LogP contribution is -2.16. The zero-order valence-electron chi connectivity index (χ0n) is 11.5. The first kappa shape index (κ1) is 14.9. The molecule has 0 amide bonds. The van der Waals surface area contributed by atoms with Crippen molar-refractivity contribution in [3.8, 4) is 28.4 Å². The molecule has 0 saturated heterocycles. The van der Waals surface area contributed by atoms with Gasteiger partial charge < -0.3 is 9.84 Å². The van der Waals surface area contributed by atoms with Crippen LogP contribution in [-0.4, -0.2) is 26.5 Å². The monoisotopic (exact) mass is 321 g/mol. The molecule has 118 valence electrons. The van der Waals surface area contributed by atoms with E-state index in [9.17, 15) is 18.3 Å². The molecule has 2 aromatic carbocycles. The Morgan fingerprint density at radius 1 is 1.00 bits per heavy atom. The molecule has 23 heavy (non-hydrogen) atoms. The topological polar surface area (TPSA) is 60.2 Å². The van der Waals surface area contributed by atoms with Crippen LogP contribution in [0, 0.1) is 0 Å². The number of hydrogen-bond donors (Lipinski definition) is 1. The number of ether oxygens (including phenoxy) is 1. The van der Waals surface area contributed by atoms with Crippen LogP contribution in [0.15, 0.2) is 54.7 Å². The van der Waals surface area contributed by atoms with Gasteiger partial charge in [0, 0.05) is 5.56 Å². The van der Waals surface area contributed by atoms with Gasteiger partial charge in [0.15, 0.2) is 0 Å². The SMILES string of the molecule is Oc1ccccc1-n1cc(-c2ccc(OC(F)(F)F)cc2)nn1. The van der Waals surface area contributed by atoms with Crippen molar-refractivity contribution >= 4 is 0 Å². The molecule has 0 saturated carbocycles. The second kappa shape index (κ2) is 5.64. The van der Waals surface area contributed by atoms with E-state index < -0.39 is 6.36 Å². The molecule has 5 nitrogen and oxygen atoms in total. The van der Waals surface area contributed by atoms with Gasteiger partial charge in [-0.1, -0.05) is 17.3 Å². The van der Waals surface area contributed by atoms with Gasteiger partial charge >= 0.3 is 6.36 Å². The van der Waals surface area contributed by atoms with Crippen LogP contribution < -0.4 is 4.74 Å². The Kier molecular flexibility index (Phi) is 3.65. The highest BCUT2D eigenvalue weighted by Gasteiger charge is 2.31. The molecule has 0 aliphatic carbocycles. The zero-order valence-corrected chi connectivity index (χ0v) is 11.5. The zero-order chi connectivity index (χ0) is 16.4. The first-order valence-corrected chi connectivity index (χ1v) is 6.49. The van der Waals surface area contributed by atoms with Crippen molar-refractivity contribution in [3.63, 3.8) is 0 Å². The summed E-state index contributed by atoms with van der Waals surface area (Å²) in [6.45, 7) is 0. The maximum Gasteiger partial charge on any atom is 0.573 e. The van der Waals surface area contributed by atoms with E-state index in [1.54, 1.807) is 24.4 Å². The Bertz CT molecular complexity index is 813. The molecule has 0 aliphatic rings. The van der Waals surface area contributed by atoms with Gasteiger partial charge in [0.2, 0.25) is 0 Å². The lowest BCUT2D eigenvalue weighted by atomic mass is 10.1. The number of aromatic hydroxyl groups is 1. The van der Waals surface area contributed by atoms with Crippen LogP contribution in [-0.2, 0) is 0 Å². The molecule has 1 N–H and O–H groups in total. The van der Waals surface area contributed by atoms with Crippen molar-refractivity contribution in [2.24, 2.45) is 0 Å². The van der Waals surface area contributed by atoms with E-state index >= 15 is 0 Å². The number of rotatable bonds is 3. The van der Waals surface area contributed by atoms with Gasteiger partial charge in [-0.3, -0.25) is 0 Å². The van der Waals surface area contributed by atoms with Gasteiger partial charge in [-0.05, 0) is 36.4 Å². The minimum Gasteiger partial charge on any atom is -0.506 e. The summed E-state index contributed by atoms with van der Waals surface area (Å²) in [5, 5.41) is 17.6. The third-order valence-corrected chi connectivity index (χ3v) is 3.01. The molecule has 1 heterocycles. The highest BCUT2D eigenvalue weighted by atomic mass is 19.4. The fraction of sp³-hybridized carbons (Fsp3) is 0.0667. The van der Waals surface area contributed by atoms with Gasteiger partial charge in [0.05, 0.1) is 6.20 Å². The predicted octanol–water partition coefficient (Wildman–Crippen LogP) is 3.54. The van der Waals surface area contributed by atoms with Gasteiger partial charge in [0.1, 0.15) is 22.9 Å². The first-order chi connectivity index (χ1) is 10.9. The van der Waals surface area contributed by atoms with E-state index in [-0.39, 0.29) is 11.5 Å². The molecular weight excluding hydrogens is 311 g/mol. The average Bonchev–Trinajstić information content (AvgIpc) is 2.96. The summed E-state index contributed by atoms with van der Waals surface area (Å²) in [7, 11) is 0. The normalized spacial score (nSPS) is 11.4. The summed E-state index contributed by atoms with van der Waals surface area (Å²) in [4.78, 5) is 0. The minimum absolute atomic E-state index is 0.0397. The van der Waals surface area contributed by atoms with Crippen molar-refractivity contribution < 1.29 is 23.0 Å². The molecule has 3 aromatic rings. The molecule has 0 atom stereocenters. The summed E-state index contributed by atoms with van der Waals surface area (Å²) < 4.78 is 41.6. The van der Waals surface area contributed by atoms with Crippen LogP contribution in [0.1, 0.15) is 0 Å². The molecule has 0 fully saturated rings. The summed E-state index contributed by atoms with van der Waals surface area (Å²) in [6, 6.07) is 11.9. The molecule has 0 spiro atoms. The van der Waals surface area contributed by atoms with E-state index in [1.807, 2.05) is 0 Å². The Morgan fingerprint density at radius 3 is 2.35 bits per heavy atom. The van der Waals surface area contributed by atoms with E-state index in [0.29, 0.717) is 16.9 Å². The van der Waals surface area contributed by atoms with Gasteiger partial charge in [-0.15, -0.1) is 18.3 Å². The summed E-state index contributed by atoms with van der Waals surface area (Å²) in [5.41, 5.74) is 1.47. The lowest BCUT2D eigenvalue weighted by molar-refractivity contribution is -0.274. The highest BCUT2D eigenvalue weighted by Crippen LogP contribution is 2.26. The Balaban J connectivity index is 1.85. The minimum atomic E-state index is -4.73. The van der Waals surface area contributed by atoms with Gasteiger partial charge in [0.25, 0.3) is 0 Å². The second-order valence-electron chi connectivity index (χ2n) is 4.61. The summed E-state index contributed by atoms with van der Waals surface area (Å²) in [6.07, 6.45) is -3.16. The number of alkyl halides is 3. The fourth-order valence-corrected chi connectivity index (χ4v) is 2.00. The molecule has 0 radical (unpaired) electrons. The Morgan fingerprint density at radius 2 is 1.70 bits per heavy atom. The van der Waals surface area contributed by atoms with Crippen molar-refractivity contribution in [1.82, 2.24) is 15.0 Å². The number of benzene rings is 2. The number of phenolic OH excluding ortho intramolecular Hbond substituents is 1. The van der Waals surface area contributed by atoms with Crippen molar-refractivity contribution in [2.75, 3.05) is 0 Å². The van der Waals surface area contributed by atoms with Gasteiger partial charge in [-0.2, -0.15) is 0 Å². The van der Waals surface area contributed by atoms with Crippen LogP contribution in [0.25, 0.3) is 16.9 Å². The Labute approximate surface area is 128 Å². The molecule has 0 unspecified atom stereocenters. The maximum absolute atomic E-state index is 12.1. The maximum atomic E-state index is 12.1.